The Morgan fingerprint density at radius 2 is 1.87 bits per heavy atom. The molecule has 1 aliphatic rings. The number of carboxylic acid groups (broad SMARTS) is 1. The Labute approximate surface area is 276 Å². The average Bonchev–Trinajstić information content (AvgIpc) is 3.50. The number of nitrogens with zero attached hydrogens (tertiary/aromatic N) is 3. The smallest absolute Gasteiger partial charge is 0.335 e. The van der Waals surface area contributed by atoms with Crippen LogP contribution in [0, 0.1) is 0 Å². The standard InChI is InChI=1S/C17H20N2O5S.C13H24N4O3S/c1-2-3-9-18-14-10-12(17(20)21)11-15(19-25(22)23)16(14)24-13-7-5-4-6-8-13;1-13(2,3)14-8-10(18)9-20-12-11(15-21-16-12)17-4-6-19-7-5-17/h4-8,10-11,18-19H,2-3,9H2,1H3,(H,20,21)(H,22,23);10,14,18H,4-9H2,1-3H3/p-1/t;10-/m.0/s1. The van der Waals surface area contributed by atoms with Crippen molar-refractivity contribution >= 4 is 46.2 Å². The first-order valence-corrected chi connectivity index (χ1v) is 16.7. The third kappa shape index (κ3) is 12.7. The minimum absolute atomic E-state index is 0.0257. The van der Waals surface area contributed by atoms with E-state index in [-0.39, 0.29) is 29.1 Å². The highest BCUT2D eigenvalue weighted by Gasteiger charge is 2.21. The molecule has 5 N–H and O–H groups in total. The molecule has 0 spiro atoms. The number of unbranched alkanes of at least 4 members (excludes halogenated alkanes) is 1. The average molecular weight is 680 g/mol. The molecule has 2 atom stereocenters. The van der Waals surface area contributed by atoms with Gasteiger partial charge in [-0.15, -0.1) is 4.37 Å². The van der Waals surface area contributed by atoms with Crippen LogP contribution in [-0.2, 0) is 16.0 Å². The number of nitrogens with one attached hydrogen (secondary N) is 3. The number of aliphatic hydroxyl groups is 1. The first-order valence-electron chi connectivity index (χ1n) is 14.9. The number of aromatic nitrogens is 2. The quantitative estimate of drug-likeness (QED) is 0.114. The lowest BCUT2D eigenvalue weighted by Gasteiger charge is -2.27. The van der Waals surface area contributed by atoms with Gasteiger partial charge < -0.3 is 49.2 Å². The van der Waals surface area contributed by atoms with E-state index in [1.54, 1.807) is 24.3 Å². The summed E-state index contributed by atoms with van der Waals surface area (Å²) in [5, 5.41) is 25.6. The molecule has 2 heterocycles. The number of hydrogen-bond acceptors (Lipinski definition) is 13. The summed E-state index contributed by atoms with van der Waals surface area (Å²) < 4.78 is 49.6. The molecule has 1 saturated heterocycles. The predicted octanol–water partition coefficient (Wildman–Crippen LogP) is 4.10. The first-order chi connectivity index (χ1) is 22.0. The Morgan fingerprint density at radius 1 is 1.17 bits per heavy atom. The highest BCUT2D eigenvalue weighted by Crippen LogP contribution is 2.39. The van der Waals surface area contributed by atoms with Crippen molar-refractivity contribution in [1.82, 2.24) is 14.1 Å². The summed E-state index contributed by atoms with van der Waals surface area (Å²) in [6.45, 7) is 12.4. The van der Waals surface area contributed by atoms with Crippen LogP contribution < -0.4 is 29.7 Å². The van der Waals surface area contributed by atoms with E-state index in [9.17, 15) is 23.8 Å². The highest BCUT2D eigenvalue weighted by atomic mass is 32.2. The zero-order chi connectivity index (χ0) is 33.5. The molecule has 0 radical (unpaired) electrons. The second kappa shape index (κ2) is 18.6. The number of ether oxygens (including phenoxy) is 3. The van der Waals surface area contributed by atoms with Gasteiger partial charge >= 0.3 is 5.97 Å². The maximum atomic E-state index is 11.3. The molecule has 14 nitrogen and oxygen atoms in total. The van der Waals surface area contributed by atoms with Crippen LogP contribution in [0.1, 0.15) is 50.9 Å². The Hall–Kier alpha value is -3.54. The van der Waals surface area contributed by atoms with Gasteiger partial charge in [0.15, 0.2) is 5.75 Å². The van der Waals surface area contributed by atoms with Gasteiger partial charge in [-0.25, -0.2) is 4.79 Å². The monoisotopic (exact) mass is 679 g/mol. The summed E-state index contributed by atoms with van der Waals surface area (Å²) in [7, 11) is 0. The molecule has 1 fully saturated rings. The van der Waals surface area contributed by atoms with Crippen LogP contribution in [0.2, 0.25) is 0 Å². The number of aliphatic hydroxyl groups excluding tert-OH is 1. The van der Waals surface area contributed by atoms with Crippen molar-refractivity contribution in [3.8, 4) is 17.4 Å². The molecule has 3 aromatic rings. The van der Waals surface area contributed by atoms with Crippen molar-refractivity contribution in [3.63, 3.8) is 0 Å². The molecule has 4 rings (SSSR count). The zero-order valence-corrected chi connectivity index (χ0v) is 28.1. The fourth-order valence-electron chi connectivity index (χ4n) is 4.06. The summed E-state index contributed by atoms with van der Waals surface area (Å²) in [4.78, 5) is 13.4. The third-order valence-electron chi connectivity index (χ3n) is 6.37. The summed E-state index contributed by atoms with van der Waals surface area (Å²) >= 11 is -1.50. The maximum Gasteiger partial charge on any atom is 0.335 e. The molecule has 0 saturated carbocycles. The van der Waals surface area contributed by atoms with Gasteiger partial charge in [0.25, 0.3) is 5.88 Å². The largest absolute Gasteiger partial charge is 0.755 e. The van der Waals surface area contributed by atoms with Gasteiger partial charge in [-0.1, -0.05) is 31.5 Å². The number of para-hydroxylation sites is 1. The molecule has 2 aromatic carbocycles. The molecular formula is C30H43N6O8S2-. The summed E-state index contributed by atoms with van der Waals surface area (Å²) in [6, 6.07) is 11.5. The number of carboxylic acids is 1. The summed E-state index contributed by atoms with van der Waals surface area (Å²) in [6.07, 6.45) is 1.25. The zero-order valence-electron chi connectivity index (χ0n) is 26.5. The van der Waals surface area contributed by atoms with E-state index >= 15 is 0 Å². The fraction of sp³-hybridized carbons (Fsp3) is 0.500. The van der Waals surface area contributed by atoms with Gasteiger partial charge in [-0.3, -0.25) is 4.21 Å². The minimum atomic E-state index is -2.62. The van der Waals surface area contributed by atoms with Crippen molar-refractivity contribution in [2.24, 2.45) is 0 Å². The van der Waals surface area contributed by atoms with E-state index in [4.69, 9.17) is 14.2 Å². The van der Waals surface area contributed by atoms with E-state index < -0.39 is 23.3 Å². The first kappa shape index (κ1) is 36.9. The topological polar surface area (TPSA) is 190 Å². The van der Waals surface area contributed by atoms with Crippen LogP contribution in [0.4, 0.5) is 17.2 Å². The van der Waals surface area contributed by atoms with Crippen LogP contribution in [-0.4, -0.2) is 91.3 Å². The van der Waals surface area contributed by atoms with E-state index in [2.05, 4.69) is 49.8 Å². The molecule has 0 bridgehead atoms. The van der Waals surface area contributed by atoms with E-state index in [0.29, 0.717) is 43.6 Å². The summed E-state index contributed by atoms with van der Waals surface area (Å²) in [5.41, 5.74) is 0.385. The van der Waals surface area contributed by atoms with Crippen LogP contribution in [0.5, 0.6) is 17.4 Å². The number of benzene rings is 2. The lowest BCUT2D eigenvalue weighted by Crippen LogP contribution is -2.42. The number of carbonyl (C=O) groups is 1. The van der Waals surface area contributed by atoms with Crippen molar-refractivity contribution in [2.75, 3.05) is 60.9 Å². The lowest BCUT2D eigenvalue weighted by molar-refractivity contribution is 0.0697. The molecule has 0 aliphatic carbocycles. The molecule has 1 unspecified atom stereocenters. The molecule has 1 aromatic heterocycles. The van der Waals surface area contributed by atoms with Crippen molar-refractivity contribution in [3.05, 3.63) is 48.0 Å². The van der Waals surface area contributed by atoms with Crippen LogP contribution in [0.25, 0.3) is 0 Å². The molecular weight excluding hydrogens is 636 g/mol. The van der Waals surface area contributed by atoms with Gasteiger partial charge in [0.2, 0.25) is 5.82 Å². The lowest BCUT2D eigenvalue weighted by atomic mass is 10.1. The van der Waals surface area contributed by atoms with Gasteiger partial charge in [0, 0.05) is 43.0 Å². The van der Waals surface area contributed by atoms with Crippen molar-refractivity contribution < 1.29 is 38.0 Å². The molecule has 16 heteroatoms. The fourth-order valence-corrected chi connectivity index (χ4v) is 4.91. The van der Waals surface area contributed by atoms with Gasteiger partial charge in [-0.2, -0.15) is 4.37 Å². The second-order valence-electron chi connectivity index (χ2n) is 11.3. The Balaban J connectivity index is 0.000000254. The SMILES string of the molecule is CC(C)(C)NC[C@H](O)COc1nsnc1N1CCOCC1.CCCCNc1cc(C(=O)O)cc(NS(=O)[O-])c1Oc1ccccc1. The van der Waals surface area contributed by atoms with Crippen LogP contribution >= 0.6 is 11.7 Å². The van der Waals surface area contributed by atoms with Gasteiger partial charge in [0.1, 0.15) is 18.5 Å². The third-order valence-corrected chi connectivity index (χ3v) is 7.26. The summed E-state index contributed by atoms with van der Waals surface area (Å²) in [5.74, 6) is 0.806. The predicted molar refractivity (Wildman–Crippen MR) is 178 cm³/mol. The Bertz CT molecular complexity index is 1380. The second-order valence-corrected chi connectivity index (χ2v) is 12.5. The normalized spacial score (nSPS) is 14.4. The Morgan fingerprint density at radius 3 is 2.50 bits per heavy atom. The number of hydrogen-bond donors (Lipinski definition) is 5. The number of anilines is 3. The van der Waals surface area contributed by atoms with Gasteiger partial charge in [-0.05, 0) is 51.5 Å². The van der Waals surface area contributed by atoms with Crippen LogP contribution in [0.3, 0.4) is 0 Å². The maximum absolute atomic E-state index is 11.3. The van der Waals surface area contributed by atoms with E-state index in [0.717, 1.165) is 43.5 Å². The molecule has 0 amide bonds. The number of β-amino-alcohol motifs (C(OH)–C–C–N with tert-alkyl or cyclic N) is 1. The van der Waals surface area contributed by atoms with E-state index in [1.807, 2.05) is 13.0 Å². The van der Waals surface area contributed by atoms with E-state index in [1.165, 1.54) is 12.1 Å². The molecule has 46 heavy (non-hydrogen) atoms. The number of morpholine rings is 1. The minimum Gasteiger partial charge on any atom is -0.755 e. The van der Waals surface area contributed by atoms with Crippen molar-refractivity contribution in [1.29, 1.82) is 0 Å². The molecule has 254 valence electrons. The van der Waals surface area contributed by atoms with Gasteiger partial charge in [0.05, 0.1) is 41.9 Å². The Kier molecular flexibility index (Phi) is 14.9. The molecule has 1 aliphatic heterocycles. The number of aromatic carboxylic acids is 1. The van der Waals surface area contributed by atoms with Crippen LogP contribution in [0.15, 0.2) is 42.5 Å². The highest BCUT2D eigenvalue weighted by molar-refractivity contribution is 7.80. The van der Waals surface area contributed by atoms with Crippen molar-refractivity contribution in [2.45, 2.75) is 52.2 Å². The number of rotatable bonds is 15.